The maximum Gasteiger partial charge on any atom is 0.407 e. The van der Waals surface area contributed by atoms with Gasteiger partial charge in [-0.05, 0) is 57.0 Å². The number of hydrogen-bond donors (Lipinski definition) is 3. The second kappa shape index (κ2) is 12.2. The quantitative estimate of drug-likeness (QED) is 0.410. The van der Waals surface area contributed by atoms with Crippen molar-refractivity contribution in [1.82, 2.24) is 9.62 Å². The topological polar surface area (TPSA) is 131 Å². The molecule has 2 aromatic carbocycles. The van der Waals surface area contributed by atoms with Crippen LogP contribution in [0.1, 0.15) is 26.3 Å². The molecule has 0 aliphatic heterocycles. The number of ether oxygens (including phenoxy) is 2. The molecule has 2 atom stereocenters. The third-order valence-corrected chi connectivity index (χ3v) is 6.80. The number of amides is 1. The fourth-order valence-corrected chi connectivity index (χ4v) is 4.68. The lowest BCUT2D eigenvalue weighted by Gasteiger charge is -2.30. The van der Waals surface area contributed by atoms with E-state index in [4.69, 9.17) is 15.2 Å². The van der Waals surface area contributed by atoms with Gasteiger partial charge in [-0.3, -0.25) is 0 Å². The summed E-state index contributed by atoms with van der Waals surface area (Å²) in [5, 5.41) is 13.8. The van der Waals surface area contributed by atoms with Gasteiger partial charge in [0.15, 0.2) is 0 Å². The van der Waals surface area contributed by atoms with E-state index in [1.54, 1.807) is 20.8 Å². The average molecular weight is 494 g/mol. The van der Waals surface area contributed by atoms with Gasteiger partial charge < -0.3 is 25.6 Å². The number of carbonyl (C=O) groups is 1. The highest BCUT2D eigenvalue weighted by atomic mass is 32.2. The zero-order valence-electron chi connectivity index (χ0n) is 20.1. The van der Waals surface area contributed by atoms with E-state index in [1.807, 2.05) is 30.3 Å². The number of sulfonamides is 1. The molecule has 1 amide bonds. The van der Waals surface area contributed by atoms with Crippen LogP contribution >= 0.6 is 0 Å². The number of benzene rings is 2. The van der Waals surface area contributed by atoms with E-state index in [0.717, 1.165) is 9.87 Å². The van der Waals surface area contributed by atoms with E-state index in [2.05, 4.69) is 5.32 Å². The summed E-state index contributed by atoms with van der Waals surface area (Å²) in [5.41, 5.74) is 6.27. The molecule has 0 aliphatic carbocycles. The minimum absolute atomic E-state index is 0.0186. The molecule has 2 aromatic rings. The Balaban J connectivity index is 2.28. The maximum atomic E-state index is 13.3. The molecule has 0 saturated heterocycles. The number of nitrogens with one attached hydrogen (secondary N) is 1. The summed E-state index contributed by atoms with van der Waals surface area (Å²) >= 11 is 0. The molecule has 1 unspecified atom stereocenters. The van der Waals surface area contributed by atoms with Crippen LogP contribution in [0.5, 0.6) is 0 Å². The molecule has 4 N–H and O–H groups in total. The minimum Gasteiger partial charge on any atom is -0.444 e. The molecular weight excluding hydrogens is 458 g/mol. The van der Waals surface area contributed by atoms with E-state index in [-0.39, 0.29) is 31.0 Å². The van der Waals surface area contributed by atoms with Gasteiger partial charge in [0.05, 0.1) is 23.6 Å². The van der Waals surface area contributed by atoms with Crippen LogP contribution in [0.15, 0.2) is 59.5 Å². The molecule has 0 radical (unpaired) electrons. The number of hydrogen-bond acceptors (Lipinski definition) is 7. The van der Waals surface area contributed by atoms with Gasteiger partial charge in [-0.1, -0.05) is 30.3 Å². The first-order chi connectivity index (χ1) is 15.9. The summed E-state index contributed by atoms with van der Waals surface area (Å²) in [5.74, 6) is 0. The van der Waals surface area contributed by atoms with Crippen molar-refractivity contribution in [2.24, 2.45) is 0 Å². The highest BCUT2D eigenvalue weighted by Gasteiger charge is 2.31. The molecule has 0 aromatic heterocycles. The molecule has 0 bridgehead atoms. The molecule has 0 saturated carbocycles. The number of methoxy groups -OCH3 is 1. The summed E-state index contributed by atoms with van der Waals surface area (Å²) in [6.07, 6.45) is -1.65. The van der Waals surface area contributed by atoms with Crippen LogP contribution in [0.4, 0.5) is 10.5 Å². The van der Waals surface area contributed by atoms with Crippen molar-refractivity contribution in [1.29, 1.82) is 0 Å². The normalized spacial score (nSPS) is 13.9. The zero-order chi connectivity index (χ0) is 25.4. The summed E-state index contributed by atoms with van der Waals surface area (Å²) in [7, 11) is -2.49. The first kappa shape index (κ1) is 27.6. The second-order valence-electron chi connectivity index (χ2n) is 8.93. The molecule has 0 heterocycles. The van der Waals surface area contributed by atoms with Gasteiger partial charge in [-0.25, -0.2) is 13.2 Å². The molecule has 0 spiro atoms. The number of carbonyl (C=O) groups excluding carboxylic acids is 1. The van der Waals surface area contributed by atoms with Crippen LogP contribution in [0.2, 0.25) is 0 Å². The van der Waals surface area contributed by atoms with E-state index < -0.39 is 33.9 Å². The van der Waals surface area contributed by atoms with Crippen molar-refractivity contribution >= 4 is 21.8 Å². The lowest BCUT2D eigenvalue weighted by atomic mass is 10.0. The van der Waals surface area contributed by atoms with Crippen LogP contribution in [0.3, 0.4) is 0 Å². The van der Waals surface area contributed by atoms with Gasteiger partial charge in [0.25, 0.3) is 0 Å². The Morgan fingerprint density at radius 1 is 1.12 bits per heavy atom. The minimum atomic E-state index is -3.95. The van der Waals surface area contributed by atoms with E-state index in [1.165, 1.54) is 31.4 Å². The Hall–Kier alpha value is -2.66. The van der Waals surface area contributed by atoms with Gasteiger partial charge in [0, 0.05) is 25.9 Å². The van der Waals surface area contributed by atoms with Crippen LogP contribution in [-0.2, 0) is 25.9 Å². The molecule has 10 heteroatoms. The van der Waals surface area contributed by atoms with Gasteiger partial charge in [0.2, 0.25) is 10.0 Å². The molecule has 0 aliphatic rings. The van der Waals surface area contributed by atoms with E-state index in [0.29, 0.717) is 5.69 Å². The number of rotatable bonds is 11. The number of aliphatic hydroxyl groups excluding tert-OH is 1. The number of anilines is 1. The molecule has 34 heavy (non-hydrogen) atoms. The van der Waals surface area contributed by atoms with Gasteiger partial charge >= 0.3 is 6.09 Å². The molecule has 0 fully saturated rings. The van der Waals surface area contributed by atoms with Crippen LogP contribution < -0.4 is 11.1 Å². The SMILES string of the molecule is COCCN(CC(O)[C@H](Cc1ccccc1)NC(=O)OC(C)(C)C)S(=O)(=O)c1ccc(N)cc1. The summed E-state index contributed by atoms with van der Waals surface area (Å²) in [6, 6.07) is 14.3. The average Bonchev–Trinajstić information content (AvgIpc) is 2.75. The van der Waals surface area contributed by atoms with Crippen LogP contribution in [0, 0.1) is 0 Å². The van der Waals surface area contributed by atoms with E-state index >= 15 is 0 Å². The first-order valence-electron chi connectivity index (χ1n) is 11.0. The largest absolute Gasteiger partial charge is 0.444 e. The monoisotopic (exact) mass is 493 g/mol. The standard InChI is InChI=1S/C24H35N3O6S/c1-24(2,3)33-23(29)26-21(16-18-8-6-5-7-9-18)22(28)17-27(14-15-32-4)34(30,31)20-12-10-19(25)11-13-20/h5-13,21-22,28H,14-17,25H2,1-4H3,(H,26,29)/t21-,22?/m0/s1. The van der Waals surface area contributed by atoms with Crippen molar-refractivity contribution in [3.8, 4) is 0 Å². The predicted octanol–water partition coefficient (Wildman–Crippen LogP) is 2.40. The number of nitrogens with two attached hydrogens (primary N) is 1. The van der Waals surface area contributed by atoms with Crippen molar-refractivity contribution in [2.45, 2.75) is 49.8 Å². The van der Waals surface area contributed by atoms with Gasteiger partial charge in [-0.2, -0.15) is 4.31 Å². The second-order valence-corrected chi connectivity index (χ2v) is 10.9. The van der Waals surface area contributed by atoms with Crippen LogP contribution in [-0.4, -0.2) is 68.5 Å². The Kier molecular flexibility index (Phi) is 9.87. The number of alkyl carbamates (subject to hydrolysis) is 1. The Morgan fingerprint density at radius 3 is 2.29 bits per heavy atom. The van der Waals surface area contributed by atoms with Crippen molar-refractivity contribution in [3.05, 3.63) is 60.2 Å². The Bertz CT molecular complexity index is 1010. The van der Waals surface area contributed by atoms with Gasteiger partial charge in [-0.15, -0.1) is 0 Å². The predicted molar refractivity (Wildman–Crippen MR) is 131 cm³/mol. The first-order valence-corrected chi connectivity index (χ1v) is 12.4. The smallest absolute Gasteiger partial charge is 0.407 e. The lowest BCUT2D eigenvalue weighted by molar-refractivity contribution is 0.0396. The van der Waals surface area contributed by atoms with E-state index in [9.17, 15) is 18.3 Å². The van der Waals surface area contributed by atoms with Gasteiger partial charge in [0.1, 0.15) is 5.60 Å². The third-order valence-electron chi connectivity index (χ3n) is 4.92. The van der Waals surface area contributed by atoms with Crippen molar-refractivity contribution < 1.29 is 27.8 Å². The Labute approximate surface area is 201 Å². The molecule has 2 rings (SSSR count). The molecule has 188 valence electrons. The maximum absolute atomic E-state index is 13.3. The highest BCUT2D eigenvalue weighted by Crippen LogP contribution is 2.19. The molecular formula is C24H35N3O6S. The zero-order valence-corrected chi connectivity index (χ0v) is 20.9. The highest BCUT2D eigenvalue weighted by molar-refractivity contribution is 7.89. The summed E-state index contributed by atoms with van der Waals surface area (Å²) in [4.78, 5) is 12.5. The molecule has 9 nitrogen and oxygen atoms in total. The fraction of sp³-hybridized carbons (Fsp3) is 0.458. The number of nitrogens with zero attached hydrogens (tertiary/aromatic N) is 1. The fourth-order valence-electron chi connectivity index (χ4n) is 3.24. The number of aliphatic hydroxyl groups is 1. The third kappa shape index (κ3) is 8.60. The van der Waals surface area contributed by atoms with Crippen molar-refractivity contribution in [2.75, 3.05) is 32.5 Å². The number of nitrogen functional groups attached to an aromatic ring is 1. The summed E-state index contributed by atoms with van der Waals surface area (Å²) < 4.78 is 38.1. The lowest BCUT2D eigenvalue weighted by Crippen LogP contribution is -2.51. The van der Waals surface area contributed by atoms with Crippen LogP contribution in [0.25, 0.3) is 0 Å². The summed E-state index contributed by atoms with van der Waals surface area (Å²) in [6.45, 7) is 5.10. The van der Waals surface area contributed by atoms with Crippen molar-refractivity contribution in [3.63, 3.8) is 0 Å². The Morgan fingerprint density at radius 2 is 1.74 bits per heavy atom.